The van der Waals surface area contributed by atoms with Crippen LogP contribution in [-0.2, 0) is 4.74 Å². The molecule has 0 radical (unpaired) electrons. The van der Waals surface area contributed by atoms with Crippen LogP contribution in [0.2, 0.25) is 0 Å². The number of hydrogen-bond acceptors (Lipinski definition) is 4. The van der Waals surface area contributed by atoms with Gasteiger partial charge in [-0.05, 0) is 38.1 Å². The molecule has 3 heterocycles. The second-order valence-electron chi connectivity index (χ2n) is 4.67. The van der Waals surface area contributed by atoms with Gasteiger partial charge in [0, 0.05) is 29.8 Å². The molecule has 5 nitrogen and oxygen atoms in total. The molecule has 0 spiro atoms. The lowest BCUT2D eigenvalue weighted by atomic mass is 10.2. The summed E-state index contributed by atoms with van der Waals surface area (Å²) in [7, 11) is 0. The lowest BCUT2D eigenvalue weighted by Gasteiger charge is -2.07. The number of carbonyl (C=O) groups excluding carboxylic acids is 1. The van der Waals surface area contributed by atoms with Gasteiger partial charge >= 0.3 is 5.97 Å². The maximum atomic E-state index is 12.0. The summed E-state index contributed by atoms with van der Waals surface area (Å²) >= 11 is 0. The Bertz CT molecular complexity index is 794. The topological polar surface area (TPSA) is 56.5 Å². The van der Waals surface area contributed by atoms with Crippen LogP contribution in [0.3, 0.4) is 0 Å². The van der Waals surface area contributed by atoms with Gasteiger partial charge in [0.2, 0.25) is 0 Å². The highest BCUT2D eigenvalue weighted by Gasteiger charge is 2.16. The van der Waals surface area contributed by atoms with Crippen LogP contribution >= 0.6 is 0 Å². The highest BCUT2D eigenvalue weighted by Crippen LogP contribution is 2.21. The summed E-state index contributed by atoms with van der Waals surface area (Å²) in [6.07, 6.45) is 5.30. The SMILES string of the molecule is CCOC(=O)c1ccn2c(C)cc(-c3cccnc3)nc12. The molecule has 0 bridgehead atoms. The van der Waals surface area contributed by atoms with Crippen molar-refractivity contribution in [2.24, 2.45) is 0 Å². The lowest BCUT2D eigenvalue weighted by molar-refractivity contribution is 0.0528. The van der Waals surface area contributed by atoms with E-state index in [4.69, 9.17) is 4.74 Å². The van der Waals surface area contributed by atoms with Crippen LogP contribution < -0.4 is 0 Å². The highest BCUT2D eigenvalue weighted by molar-refractivity contribution is 5.96. The van der Waals surface area contributed by atoms with Crippen LogP contribution in [0.25, 0.3) is 16.9 Å². The largest absolute Gasteiger partial charge is 0.462 e. The van der Waals surface area contributed by atoms with Crippen LogP contribution in [0.1, 0.15) is 23.0 Å². The predicted octanol–water partition coefficient (Wildman–Crippen LogP) is 2.88. The Hall–Kier alpha value is -2.69. The van der Waals surface area contributed by atoms with Crippen LogP contribution in [0.4, 0.5) is 0 Å². The summed E-state index contributed by atoms with van der Waals surface area (Å²) < 4.78 is 6.96. The molecular formula is C16H15N3O2. The summed E-state index contributed by atoms with van der Waals surface area (Å²) in [4.78, 5) is 20.7. The molecular weight excluding hydrogens is 266 g/mol. The van der Waals surface area contributed by atoms with Gasteiger partial charge in [-0.1, -0.05) is 0 Å². The fourth-order valence-electron chi connectivity index (χ4n) is 2.27. The Labute approximate surface area is 122 Å². The molecule has 3 rings (SSSR count). The Morgan fingerprint density at radius 1 is 1.38 bits per heavy atom. The second-order valence-corrected chi connectivity index (χ2v) is 4.67. The van der Waals surface area contributed by atoms with Crippen LogP contribution in [-0.4, -0.2) is 26.9 Å². The number of carbonyl (C=O) groups is 1. The van der Waals surface area contributed by atoms with E-state index >= 15 is 0 Å². The van der Waals surface area contributed by atoms with Crippen LogP contribution in [0, 0.1) is 6.92 Å². The Balaban J connectivity index is 2.17. The van der Waals surface area contributed by atoms with Gasteiger partial charge in [0.25, 0.3) is 0 Å². The first-order valence-corrected chi connectivity index (χ1v) is 6.77. The zero-order valence-electron chi connectivity index (χ0n) is 11.9. The molecule has 0 atom stereocenters. The van der Waals surface area contributed by atoms with Gasteiger partial charge in [0.05, 0.1) is 12.3 Å². The average Bonchev–Trinajstić information content (AvgIpc) is 2.93. The first-order chi connectivity index (χ1) is 10.2. The second kappa shape index (κ2) is 5.36. The van der Waals surface area contributed by atoms with E-state index in [-0.39, 0.29) is 5.97 Å². The quantitative estimate of drug-likeness (QED) is 0.693. The normalized spacial score (nSPS) is 10.8. The van der Waals surface area contributed by atoms with E-state index in [1.807, 2.05) is 35.7 Å². The number of ether oxygens (including phenoxy) is 1. The van der Waals surface area contributed by atoms with Gasteiger partial charge in [-0.3, -0.25) is 4.98 Å². The van der Waals surface area contributed by atoms with Crippen molar-refractivity contribution in [1.29, 1.82) is 0 Å². The van der Waals surface area contributed by atoms with Crippen molar-refractivity contribution in [3.8, 4) is 11.3 Å². The maximum absolute atomic E-state index is 12.0. The summed E-state index contributed by atoms with van der Waals surface area (Å²) in [6, 6.07) is 7.51. The van der Waals surface area contributed by atoms with E-state index in [9.17, 15) is 4.79 Å². The van der Waals surface area contributed by atoms with Crippen molar-refractivity contribution in [1.82, 2.24) is 14.4 Å². The smallest absolute Gasteiger partial charge is 0.341 e. The molecule has 21 heavy (non-hydrogen) atoms. The Morgan fingerprint density at radius 2 is 2.24 bits per heavy atom. The molecule has 3 aromatic rings. The van der Waals surface area contributed by atoms with Crippen molar-refractivity contribution < 1.29 is 9.53 Å². The first kappa shape index (κ1) is 13.3. The fourth-order valence-corrected chi connectivity index (χ4v) is 2.27. The van der Waals surface area contributed by atoms with Crippen molar-refractivity contribution in [2.75, 3.05) is 6.61 Å². The minimum atomic E-state index is -0.352. The first-order valence-electron chi connectivity index (χ1n) is 6.77. The summed E-state index contributed by atoms with van der Waals surface area (Å²) in [5.41, 5.74) is 3.78. The number of esters is 1. The monoisotopic (exact) mass is 281 g/mol. The molecule has 0 aliphatic rings. The molecule has 106 valence electrons. The number of fused-ring (bicyclic) bond motifs is 1. The van der Waals surface area contributed by atoms with E-state index in [2.05, 4.69) is 9.97 Å². The zero-order chi connectivity index (χ0) is 14.8. The Morgan fingerprint density at radius 3 is 2.95 bits per heavy atom. The molecule has 0 saturated carbocycles. The van der Waals surface area contributed by atoms with Crippen molar-refractivity contribution in [3.05, 3.63) is 54.1 Å². The number of pyridine rings is 1. The zero-order valence-corrected chi connectivity index (χ0v) is 11.9. The minimum absolute atomic E-state index is 0.345. The Kier molecular flexibility index (Phi) is 3.39. The average molecular weight is 281 g/mol. The molecule has 0 fully saturated rings. The minimum Gasteiger partial charge on any atom is -0.462 e. The van der Waals surface area contributed by atoms with Gasteiger partial charge in [-0.15, -0.1) is 0 Å². The van der Waals surface area contributed by atoms with Crippen molar-refractivity contribution >= 4 is 11.6 Å². The van der Waals surface area contributed by atoms with Gasteiger partial charge in [-0.25, -0.2) is 9.78 Å². The van der Waals surface area contributed by atoms with Crippen molar-refractivity contribution in [2.45, 2.75) is 13.8 Å². The van der Waals surface area contributed by atoms with Gasteiger partial charge in [-0.2, -0.15) is 0 Å². The summed E-state index contributed by atoms with van der Waals surface area (Å²) in [6.45, 7) is 4.11. The molecule has 0 saturated heterocycles. The third-order valence-electron chi connectivity index (χ3n) is 3.26. The third kappa shape index (κ3) is 2.38. The standard InChI is InChI=1S/C16H15N3O2/c1-3-21-16(20)13-6-8-19-11(2)9-14(18-15(13)19)12-5-4-7-17-10-12/h4-10H,3H2,1-2H3. The predicted molar refractivity (Wildman–Crippen MR) is 79.1 cm³/mol. The summed E-state index contributed by atoms with van der Waals surface area (Å²) in [5, 5.41) is 0. The highest BCUT2D eigenvalue weighted by atomic mass is 16.5. The van der Waals surface area contributed by atoms with Crippen LogP contribution in [0.5, 0.6) is 0 Å². The van der Waals surface area contributed by atoms with Crippen LogP contribution in [0.15, 0.2) is 42.9 Å². The van der Waals surface area contributed by atoms with Gasteiger partial charge < -0.3 is 9.14 Å². The number of rotatable bonds is 3. The summed E-state index contributed by atoms with van der Waals surface area (Å²) in [5.74, 6) is -0.352. The molecule has 3 aromatic heterocycles. The molecule has 0 aliphatic heterocycles. The maximum Gasteiger partial charge on any atom is 0.341 e. The van der Waals surface area contributed by atoms with E-state index in [1.54, 1.807) is 25.4 Å². The number of hydrogen-bond donors (Lipinski definition) is 0. The fraction of sp³-hybridized carbons (Fsp3) is 0.188. The molecule has 0 aromatic carbocycles. The van der Waals surface area contributed by atoms with Gasteiger partial charge in [0.15, 0.2) is 5.65 Å². The van der Waals surface area contributed by atoms with Gasteiger partial charge in [0.1, 0.15) is 5.56 Å². The van der Waals surface area contributed by atoms with E-state index in [0.717, 1.165) is 17.0 Å². The molecule has 0 amide bonds. The molecule has 0 unspecified atom stereocenters. The van der Waals surface area contributed by atoms with E-state index in [0.29, 0.717) is 17.8 Å². The van der Waals surface area contributed by atoms with Crippen molar-refractivity contribution in [3.63, 3.8) is 0 Å². The molecule has 0 N–H and O–H groups in total. The number of aryl methyl sites for hydroxylation is 1. The third-order valence-corrected chi connectivity index (χ3v) is 3.26. The van der Waals surface area contributed by atoms with E-state index in [1.165, 1.54) is 0 Å². The molecule has 0 aliphatic carbocycles. The number of aromatic nitrogens is 3. The molecule has 5 heteroatoms. The number of nitrogens with zero attached hydrogens (tertiary/aromatic N) is 3. The lowest BCUT2D eigenvalue weighted by Crippen LogP contribution is -2.06. The van der Waals surface area contributed by atoms with E-state index < -0.39 is 0 Å².